The third-order valence-corrected chi connectivity index (χ3v) is 8.43. The number of carbonyl (C=O) groups is 3. The first kappa shape index (κ1) is 25.7. The number of carboxylic acid groups (broad SMARTS) is 1. The van der Waals surface area contributed by atoms with Crippen LogP contribution < -0.4 is 22.2 Å². The number of hydrogen-bond acceptors (Lipinski definition) is 13. The van der Waals surface area contributed by atoms with Crippen molar-refractivity contribution >= 4 is 64.8 Å². The van der Waals surface area contributed by atoms with E-state index >= 15 is 0 Å². The topological polar surface area (TPSA) is 199 Å². The van der Waals surface area contributed by atoms with Crippen LogP contribution in [0.4, 0.5) is 5.82 Å². The van der Waals surface area contributed by atoms with E-state index in [0.29, 0.717) is 28.0 Å². The van der Waals surface area contributed by atoms with Gasteiger partial charge in [-0.3, -0.25) is 19.9 Å². The highest BCUT2D eigenvalue weighted by Gasteiger charge is 2.54. The number of rotatable bonds is 9. The fourth-order valence-corrected chi connectivity index (χ4v) is 6.63. The van der Waals surface area contributed by atoms with Gasteiger partial charge in [-0.25, -0.2) is 14.2 Å². The van der Waals surface area contributed by atoms with Gasteiger partial charge in [0.25, 0.3) is 11.8 Å². The lowest BCUT2D eigenvalue weighted by Crippen LogP contribution is -2.71. The van der Waals surface area contributed by atoms with Gasteiger partial charge in [-0.15, -0.1) is 11.8 Å². The van der Waals surface area contributed by atoms with Crippen molar-refractivity contribution in [3.63, 3.8) is 0 Å². The van der Waals surface area contributed by atoms with Crippen molar-refractivity contribution in [1.29, 1.82) is 0 Å². The van der Waals surface area contributed by atoms with Gasteiger partial charge in [0.1, 0.15) is 28.6 Å². The van der Waals surface area contributed by atoms with E-state index in [2.05, 4.69) is 20.9 Å². The third-order valence-electron chi connectivity index (χ3n) is 5.02. The van der Waals surface area contributed by atoms with Crippen molar-refractivity contribution < 1.29 is 24.7 Å². The number of hydrazine groups is 1. The van der Waals surface area contributed by atoms with E-state index in [4.69, 9.17) is 11.5 Å². The monoisotopic (exact) mass is 550 g/mol. The van der Waals surface area contributed by atoms with Crippen LogP contribution in [0.1, 0.15) is 5.69 Å². The Morgan fingerprint density at radius 1 is 1.39 bits per heavy atom. The van der Waals surface area contributed by atoms with Crippen molar-refractivity contribution in [1.82, 2.24) is 25.0 Å². The number of carbonyl (C=O) groups excluding carboxylic acids is 2. The molecule has 0 bridgehead atoms. The molecule has 36 heavy (non-hydrogen) atoms. The minimum Gasteiger partial charge on any atom is -0.477 e. The van der Waals surface area contributed by atoms with Crippen LogP contribution in [0.3, 0.4) is 0 Å². The predicted octanol–water partition coefficient (Wildman–Crippen LogP) is 0.0536. The summed E-state index contributed by atoms with van der Waals surface area (Å²) in [6.45, 7) is 0.506. The summed E-state index contributed by atoms with van der Waals surface area (Å²) in [5.74, 6) is -1.54. The van der Waals surface area contributed by atoms with Gasteiger partial charge in [-0.05, 0) is 36.2 Å². The smallest absolute Gasteiger partial charge is 0.353 e. The van der Waals surface area contributed by atoms with Gasteiger partial charge in [0.05, 0.1) is 5.03 Å². The van der Waals surface area contributed by atoms with E-state index in [9.17, 15) is 24.7 Å². The number of β-lactam (4-membered cyclic amide) rings is 1. The van der Waals surface area contributed by atoms with Crippen LogP contribution in [0.25, 0.3) is 0 Å². The average molecular weight is 551 g/mol. The van der Waals surface area contributed by atoms with Gasteiger partial charge < -0.3 is 27.1 Å². The lowest BCUT2D eigenvalue weighted by molar-refractivity contribution is -0.150. The SMILES string of the molecule is NCCSN1C=CC=C(SC2=C(C(=O)O)N3C(=O)[C@@H](NC(=O)/C(=N\O)c4cccc(N)n4)[C@H]3SC2)N1. The molecule has 1 aromatic rings. The van der Waals surface area contributed by atoms with E-state index in [0.717, 1.165) is 0 Å². The summed E-state index contributed by atoms with van der Waals surface area (Å²) in [4.78, 5) is 43.4. The number of hydrogen-bond donors (Lipinski definition) is 6. The van der Waals surface area contributed by atoms with Gasteiger partial charge in [-0.2, -0.15) is 0 Å². The van der Waals surface area contributed by atoms with Gasteiger partial charge in [0.2, 0.25) is 0 Å². The van der Waals surface area contributed by atoms with Crippen molar-refractivity contribution in [2.45, 2.75) is 11.4 Å². The van der Waals surface area contributed by atoms with Gasteiger partial charge in [-0.1, -0.05) is 23.0 Å². The predicted molar refractivity (Wildman–Crippen MR) is 138 cm³/mol. The highest BCUT2D eigenvalue weighted by atomic mass is 32.2. The molecule has 1 fully saturated rings. The fourth-order valence-electron chi connectivity index (χ4n) is 3.48. The Morgan fingerprint density at radius 3 is 2.89 bits per heavy atom. The van der Waals surface area contributed by atoms with Crippen LogP contribution in [-0.2, 0) is 14.4 Å². The first-order chi connectivity index (χ1) is 17.3. The Morgan fingerprint density at radius 2 is 2.19 bits per heavy atom. The van der Waals surface area contributed by atoms with E-state index in [1.54, 1.807) is 10.5 Å². The second-order valence-electron chi connectivity index (χ2n) is 7.37. The van der Waals surface area contributed by atoms with Crippen LogP contribution in [0, 0.1) is 0 Å². The van der Waals surface area contributed by atoms with E-state index in [1.165, 1.54) is 58.6 Å². The number of pyridine rings is 1. The van der Waals surface area contributed by atoms with Crippen LogP contribution in [-0.4, -0.2) is 77.6 Å². The Hall–Kier alpha value is -3.34. The van der Waals surface area contributed by atoms with Crippen LogP contribution in [0.2, 0.25) is 0 Å². The summed E-state index contributed by atoms with van der Waals surface area (Å²) >= 11 is 4.00. The molecule has 0 spiro atoms. The number of nitrogens with two attached hydrogens (primary N) is 2. The average Bonchev–Trinajstić information content (AvgIpc) is 2.86. The molecule has 0 aromatic carbocycles. The molecule has 2 amide bonds. The largest absolute Gasteiger partial charge is 0.477 e. The second-order valence-corrected chi connectivity index (χ2v) is 10.7. The third kappa shape index (κ3) is 5.25. The lowest BCUT2D eigenvalue weighted by Gasteiger charge is -2.49. The zero-order chi connectivity index (χ0) is 25.8. The van der Waals surface area contributed by atoms with E-state index < -0.39 is 34.9 Å². The molecular formula is C20H22N8O5S3. The zero-order valence-corrected chi connectivity index (χ0v) is 21.0. The first-order valence-corrected chi connectivity index (χ1v) is 13.3. The standard InChI is InChI=1S/C20H22N8O5S3/c21-6-8-35-27-7-2-5-13(25-27)36-11-9-34-19-15(18(30)28(19)16(11)20(31)32)24-17(29)14(26-33)10-3-1-4-12(22)23-10/h1-5,7,15,19,25,33H,6,8-9,21H2,(H2,22,23)(H,24,29)(H,31,32)/b26-14-/t15-,19-/m1/s1. The van der Waals surface area contributed by atoms with Crippen molar-refractivity contribution in [2.75, 3.05) is 23.8 Å². The quantitative estimate of drug-likeness (QED) is 0.0793. The number of nitrogens with one attached hydrogen (secondary N) is 2. The normalized spacial score (nSPS) is 21.4. The summed E-state index contributed by atoms with van der Waals surface area (Å²) in [5, 5.41) is 24.8. The molecule has 8 N–H and O–H groups in total. The van der Waals surface area contributed by atoms with Crippen LogP contribution in [0.15, 0.2) is 57.3 Å². The molecular weight excluding hydrogens is 528 g/mol. The van der Waals surface area contributed by atoms with E-state index in [-0.39, 0.29) is 17.2 Å². The molecule has 13 nitrogen and oxygen atoms in total. The molecule has 4 heterocycles. The number of aromatic nitrogens is 1. The molecule has 4 rings (SSSR count). The van der Waals surface area contributed by atoms with Crippen molar-refractivity contribution in [2.24, 2.45) is 10.9 Å². The van der Waals surface area contributed by atoms with Gasteiger partial charge >= 0.3 is 5.97 Å². The molecule has 1 saturated heterocycles. The van der Waals surface area contributed by atoms with Crippen LogP contribution >= 0.6 is 35.5 Å². The molecule has 1 aromatic heterocycles. The molecule has 0 saturated carbocycles. The summed E-state index contributed by atoms with van der Waals surface area (Å²) in [7, 11) is 0. The van der Waals surface area contributed by atoms with Crippen molar-refractivity contribution in [3.05, 3.63) is 57.9 Å². The molecule has 0 radical (unpaired) electrons. The van der Waals surface area contributed by atoms with Crippen LogP contribution in [0.5, 0.6) is 0 Å². The number of nitrogen functional groups attached to an aromatic ring is 1. The molecule has 16 heteroatoms. The molecule has 2 atom stereocenters. The maximum atomic E-state index is 12.9. The maximum absolute atomic E-state index is 12.9. The van der Waals surface area contributed by atoms with E-state index in [1.807, 2.05) is 12.3 Å². The second kappa shape index (κ2) is 11.2. The summed E-state index contributed by atoms with van der Waals surface area (Å²) < 4.78 is 1.77. The summed E-state index contributed by atoms with van der Waals surface area (Å²) in [6, 6.07) is 3.47. The highest BCUT2D eigenvalue weighted by Crippen LogP contribution is 2.45. The molecule has 3 aliphatic heterocycles. The number of carboxylic acids is 1. The molecule has 0 unspecified atom stereocenters. The number of thioether (sulfide) groups is 2. The highest BCUT2D eigenvalue weighted by molar-refractivity contribution is 8.09. The summed E-state index contributed by atoms with van der Waals surface area (Å²) in [6.07, 6.45) is 5.43. The molecule has 190 valence electrons. The molecule has 0 aliphatic carbocycles. The number of anilines is 1. The first-order valence-electron chi connectivity index (χ1n) is 10.5. The van der Waals surface area contributed by atoms with Crippen molar-refractivity contribution in [3.8, 4) is 0 Å². The van der Waals surface area contributed by atoms with Gasteiger partial charge in [0.15, 0.2) is 5.71 Å². The number of oxime groups is 1. The Balaban J connectivity index is 1.47. The fraction of sp³-hybridized carbons (Fsp3) is 0.250. The Bertz CT molecular complexity index is 1200. The Labute approximate surface area is 218 Å². The zero-order valence-electron chi connectivity index (χ0n) is 18.5. The Kier molecular flexibility index (Phi) is 7.97. The molecule has 3 aliphatic rings. The number of amides is 2. The lowest BCUT2D eigenvalue weighted by atomic mass is 10.0. The number of fused-ring (bicyclic) bond motifs is 1. The number of nitrogens with zero attached hydrogens (tertiary/aromatic N) is 4. The summed E-state index contributed by atoms with van der Waals surface area (Å²) in [5.41, 5.74) is 13.8. The van der Waals surface area contributed by atoms with Gasteiger partial charge in [0, 0.05) is 29.2 Å². The minimum atomic E-state index is -1.25. The minimum absolute atomic E-state index is 0.0284. The number of aliphatic carboxylic acids is 1. The number of allylic oxidation sites excluding steroid dienone is 2. The maximum Gasteiger partial charge on any atom is 0.353 e.